The Labute approximate surface area is 198 Å². The fourth-order valence-corrected chi connectivity index (χ4v) is 4.55. The summed E-state index contributed by atoms with van der Waals surface area (Å²) in [4.78, 5) is 27.8. The number of nitrogens with zero attached hydrogens (tertiary/aromatic N) is 1. The van der Waals surface area contributed by atoms with Crippen LogP contribution in [0.4, 0.5) is 0 Å². The van der Waals surface area contributed by atoms with Crippen LogP contribution in [-0.4, -0.2) is 41.0 Å². The fourth-order valence-electron chi connectivity index (χ4n) is 4.55. The second-order valence-corrected chi connectivity index (χ2v) is 8.44. The number of ketones is 1. The lowest BCUT2D eigenvalue weighted by Crippen LogP contribution is -2.36. The molecule has 0 aromatic heterocycles. The number of aliphatic hydroxyl groups is 1. The Bertz CT molecular complexity index is 1220. The Hall–Kier alpha value is -3.90. The second-order valence-electron chi connectivity index (χ2n) is 8.44. The molecule has 172 valence electrons. The first-order chi connectivity index (χ1) is 16.6. The largest absolute Gasteiger partial charge is 0.507 e. The second kappa shape index (κ2) is 9.53. The monoisotopic (exact) mass is 455 g/mol. The van der Waals surface area contributed by atoms with Crippen molar-refractivity contribution in [1.29, 1.82) is 0 Å². The number of aliphatic hydroxyl groups excluding tert-OH is 1. The van der Waals surface area contributed by atoms with E-state index >= 15 is 0 Å². The van der Waals surface area contributed by atoms with Crippen molar-refractivity contribution in [2.24, 2.45) is 0 Å². The minimum Gasteiger partial charge on any atom is -0.507 e. The number of amides is 1. The molecule has 6 heteroatoms. The summed E-state index contributed by atoms with van der Waals surface area (Å²) < 4.78 is 11.7. The molecule has 1 amide bonds. The zero-order valence-electron chi connectivity index (χ0n) is 18.6. The summed E-state index contributed by atoms with van der Waals surface area (Å²) in [6.07, 6.45) is 1.61. The molecule has 2 fully saturated rings. The van der Waals surface area contributed by atoms with Gasteiger partial charge in [0.25, 0.3) is 11.7 Å². The van der Waals surface area contributed by atoms with Crippen molar-refractivity contribution in [3.63, 3.8) is 0 Å². The van der Waals surface area contributed by atoms with Crippen LogP contribution in [0.15, 0.2) is 90.5 Å². The van der Waals surface area contributed by atoms with E-state index in [4.69, 9.17) is 9.47 Å². The number of Topliss-reactive ketones (excluding diaryl/α,β-unsaturated/α-hetero) is 1. The van der Waals surface area contributed by atoms with Crippen molar-refractivity contribution in [2.75, 3.05) is 13.2 Å². The number of carbonyl (C=O) groups excluding carboxylic acids is 2. The van der Waals surface area contributed by atoms with Gasteiger partial charge in [-0.2, -0.15) is 0 Å². The molecule has 5 rings (SSSR count). The molecule has 2 unspecified atom stereocenters. The van der Waals surface area contributed by atoms with Gasteiger partial charge < -0.3 is 19.5 Å². The summed E-state index contributed by atoms with van der Waals surface area (Å²) in [7, 11) is 0. The van der Waals surface area contributed by atoms with Crippen LogP contribution >= 0.6 is 0 Å². The van der Waals surface area contributed by atoms with Crippen molar-refractivity contribution in [1.82, 2.24) is 4.90 Å². The minimum absolute atomic E-state index is 0.0751. The Balaban J connectivity index is 1.58. The maximum Gasteiger partial charge on any atom is 0.295 e. The quantitative estimate of drug-likeness (QED) is 0.319. The van der Waals surface area contributed by atoms with Gasteiger partial charge in [0.05, 0.1) is 17.7 Å². The molecule has 6 nitrogen and oxygen atoms in total. The lowest BCUT2D eigenvalue weighted by Gasteiger charge is -2.27. The molecule has 3 aromatic carbocycles. The van der Waals surface area contributed by atoms with E-state index in [0.29, 0.717) is 29.2 Å². The number of likely N-dealkylation sites (tertiary alicyclic amines) is 1. The average Bonchev–Trinajstić information content (AvgIpc) is 3.47. The van der Waals surface area contributed by atoms with E-state index in [1.807, 2.05) is 60.7 Å². The highest BCUT2D eigenvalue weighted by Gasteiger charge is 2.47. The smallest absolute Gasteiger partial charge is 0.295 e. The minimum atomic E-state index is -0.747. The molecule has 2 atom stereocenters. The summed E-state index contributed by atoms with van der Waals surface area (Å²) in [5, 5.41) is 11.1. The van der Waals surface area contributed by atoms with Crippen molar-refractivity contribution >= 4 is 17.4 Å². The number of rotatable bonds is 6. The molecule has 0 radical (unpaired) electrons. The molecule has 3 aromatic rings. The summed E-state index contributed by atoms with van der Waals surface area (Å²) in [6.45, 7) is 0.925. The van der Waals surface area contributed by atoms with E-state index in [1.165, 1.54) is 4.90 Å². The van der Waals surface area contributed by atoms with Crippen LogP contribution < -0.4 is 4.74 Å². The van der Waals surface area contributed by atoms with Crippen molar-refractivity contribution in [2.45, 2.75) is 25.0 Å². The SMILES string of the molecule is O=C1C(=O)N(CC2CCCO2)C(c2cccc(Oc3ccccc3)c2)/C1=C(\O)c1ccccc1. The van der Waals surface area contributed by atoms with E-state index in [-0.39, 0.29) is 24.0 Å². The van der Waals surface area contributed by atoms with Gasteiger partial charge in [-0.3, -0.25) is 9.59 Å². The lowest BCUT2D eigenvalue weighted by atomic mass is 9.95. The van der Waals surface area contributed by atoms with Gasteiger partial charge in [-0.25, -0.2) is 0 Å². The third kappa shape index (κ3) is 4.32. The Morgan fingerprint density at radius 1 is 0.941 bits per heavy atom. The van der Waals surface area contributed by atoms with Crippen LogP contribution in [0, 0.1) is 0 Å². The zero-order chi connectivity index (χ0) is 23.5. The molecule has 1 N–H and O–H groups in total. The first-order valence-electron chi connectivity index (χ1n) is 11.4. The first kappa shape index (κ1) is 21.9. The highest BCUT2D eigenvalue weighted by molar-refractivity contribution is 6.46. The zero-order valence-corrected chi connectivity index (χ0v) is 18.6. The van der Waals surface area contributed by atoms with Crippen LogP contribution in [-0.2, 0) is 14.3 Å². The normalized spacial score (nSPS) is 21.7. The standard InChI is InChI=1S/C28H25NO5/c30-26(19-9-3-1-4-10-19)24-25(29(28(32)27(24)31)18-23-15-8-16-33-23)20-11-7-14-22(17-20)34-21-12-5-2-6-13-21/h1-7,9-14,17,23,25,30H,8,15-16,18H2/b26-24+. The Kier molecular flexibility index (Phi) is 6.14. The molecular weight excluding hydrogens is 430 g/mol. The summed E-state index contributed by atoms with van der Waals surface area (Å²) >= 11 is 0. The van der Waals surface area contributed by atoms with E-state index in [9.17, 15) is 14.7 Å². The van der Waals surface area contributed by atoms with E-state index in [2.05, 4.69) is 0 Å². The van der Waals surface area contributed by atoms with E-state index in [0.717, 1.165) is 12.8 Å². The highest BCUT2D eigenvalue weighted by atomic mass is 16.5. The average molecular weight is 456 g/mol. The number of benzene rings is 3. The van der Waals surface area contributed by atoms with Crippen LogP contribution in [0.3, 0.4) is 0 Å². The molecule has 0 aliphatic carbocycles. The van der Waals surface area contributed by atoms with Gasteiger partial charge in [0.15, 0.2) is 0 Å². The van der Waals surface area contributed by atoms with Gasteiger partial charge in [0, 0.05) is 18.7 Å². The number of carbonyl (C=O) groups is 2. The maximum absolute atomic E-state index is 13.2. The molecule has 0 bridgehead atoms. The molecular formula is C28H25NO5. The number of hydrogen-bond donors (Lipinski definition) is 1. The molecule has 0 spiro atoms. The lowest BCUT2D eigenvalue weighted by molar-refractivity contribution is -0.140. The van der Waals surface area contributed by atoms with Gasteiger partial charge in [-0.1, -0.05) is 60.7 Å². The molecule has 2 aliphatic heterocycles. The van der Waals surface area contributed by atoms with Gasteiger partial charge in [0.2, 0.25) is 0 Å². The summed E-state index contributed by atoms with van der Waals surface area (Å²) in [6, 6.07) is 24.7. The van der Waals surface area contributed by atoms with Crippen LogP contribution in [0.2, 0.25) is 0 Å². The van der Waals surface area contributed by atoms with Crippen LogP contribution in [0.25, 0.3) is 5.76 Å². The number of hydrogen-bond acceptors (Lipinski definition) is 5. The predicted octanol–water partition coefficient (Wildman–Crippen LogP) is 5.08. The van der Waals surface area contributed by atoms with Gasteiger partial charge in [0.1, 0.15) is 17.3 Å². The third-order valence-electron chi connectivity index (χ3n) is 6.16. The molecule has 34 heavy (non-hydrogen) atoms. The van der Waals surface area contributed by atoms with Gasteiger partial charge in [-0.05, 0) is 42.7 Å². The van der Waals surface area contributed by atoms with Crippen molar-refractivity contribution < 1.29 is 24.2 Å². The van der Waals surface area contributed by atoms with Crippen molar-refractivity contribution in [3.8, 4) is 11.5 Å². The maximum atomic E-state index is 13.2. The predicted molar refractivity (Wildman–Crippen MR) is 127 cm³/mol. The Morgan fingerprint density at radius 3 is 2.35 bits per heavy atom. The summed E-state index contributed by atoms with van der Waals surface area (Å²) in [5.41, 5.74) is 1.24. The Morgan fingerprint density at radius 2 is 1.65 bits per heavy atom. The van der Waals surface area contributed by atoms with Gasteiger partial charge in [-0.15, -0.1) is 0 Å². The number of para-hydroxylation sites is 1. The molecule has 2 saturated heterocycles. The van der Waals surface area contributed by atoms with Crippen LogP contribution in [0.5, 0.6) is 11.5 Å². The van der Waals surface area contributed by atoms with E-state index < -0.39 is 17.7 Å². The van der Waals surface area contributed by atoms with Crippen LogP contribution in [0.1, 0.15) is 30.0 Å². The third-order valence-corrected chi connectivity index (χ3v) is 6.16. The fraction of sp³-hybridized carbons (Fsp3) is 0.214. The molecule has 2 heterocycles. The number of ether oxygens (including phenoxy) is 2. The highest BCUT2D eigenvalue weighted by Crippen LogP contribution is 2.41. The molecule has 2 aliphatic rings. The van der Waals surface area contributed by atoms with Gasteiger partial charge >= 0.3 is 0 Å². The first-order valence-corrected chi connectivity index (χ1v) is 11.4. The summed E-state index contributed by atoms with van der Waals surface area (Å²) in [5.74, 6) is -0.261. The van der Waals surface area contributed by atoms with E-state index in [1.54, 1.807) is 24.3 Å². The molecule has 0 saturated carbocycles. The van der Waals surface area contributed by atoms with Crippen molar-refractivity contribution in [3.05, 3.63) is 102 Å². The topological polar surface area (TPSA) is 76.1 Å².